The molecule has 1 N–H and O–H groups in total. The zero-order valence-corrected chi connectivity index (χ0v) is 12.9. The monoisotopic (exact) mass is 274 g/mol. The highest BCUT2D eigenvalue weighted by atomic mass is 32.1. The molecule has 0 spiro atoms. The van der Waals surface area contributed by atoms with Crippen molar-refractivity contribution in [1.29, 1.82) is 0 Å². The van der Waals surface area contributed by atoms with Crippen molar-refractivity contribution in [1.82, 2.24) is 5.32 Å². The second-order valence-electron chi connectivity index (χ2n) is 4.87. The molecule has 0 saturated carbocycles. The van der Waals surface area contributed by atoms with E-state index in [1.165, 1.54) is 16.1 Å². The van der Waals surface area contributed by atoms with E-state index < -0.39 is 0 Å². The zero-order chi connectivity index (χ0) is 13.8. The third-order valence-corrected chi connectivity index (χ3v) is 4.79. The normalized spacial score (nSPS) is 14.1. The Morgan fingerprint density at radius 2 is 1.84 bits per heavy atom. The number of nitrogens with zero attached hydrogens (tertiary/aromatic N) is 1. The maximum Gasteiger partial charge on any atom is 0.0603 e. The molecular formula is C16H22N2S. The van der Waals surface area contributed by atoms with Gasteiger partial charge >= 0.3 is 0 Å². The van der Waals surface area contributed by atoms with Gasteiger partial charge < -0.3 is 10.2 Å². The molecule has 0 bridgehead atoms. The summed E-state index contributed by atoms with van der Waals surface area (Å²) in [5, 5.41) is 5.47. The summed E-state index contributed by atoms with van der Waals surface area (Å²) in [7, 11) is 4.18. The second-order valence-corrected chi connectivity index (χ2v) is 5.85. The first kappa shape index (κ1) is 14.1. The second kappa shape index (κ2) is 6.22. The van der Waals surface area contributed by atoms with Gasteiger partial charge in [-0.1, -0.05) is 24.3 Å². The molecule has 2 nitrogen and oxygen atoms in total. The van der Waals surface area contributed by atoms with Crippen LogP contribution >= 0.6 is 11.3 Å². The maximum atomic E-state index is 3.33. The van der Waals surface area contributed by atoms with Crippen LogP contribution in [0.25, 0.3) is 0 Å². The number of para-hydroxylation sites is 1. The summed E-state index contributed by atoms with van der Waals surface area (Å²) in [6.45, 7) is 4.45. The smallest absolute Gasteiger partial charge is 0.0603 e. The van der Waals surface area contributed by atoms with Gasteiger partial charge in [-0.3, -0.25) is 0 Å². The van der Waals surface area contributed by atoms with Crippen LogP contribution < -0.4 is 10.2 Å². The third kappa shape index (κ3) is 2.99. The average molecular weight is 274 g/mol. The summed E-state index contributed by atoms with van der Waals surface area (Å²) in [4.78, 5) is 3.75. The SMILES string of the molecule is CNC(C)c1ccccc1N(C)C(C)c1cccs1. The van der Waals surface area contributed by atoms with E-state index in [2.05, 4.69) is 72.9 Å². The number of hydrogen-bond acceptors (Lipinski definition) is 3. The molecule has 0 aliphatic heterocycles. The van der Waals surface area contributed by atoms with E-state index in [1.54, 1.807) is 0 Å². The van der Waals surface area contributed by atoms with Crippen molar-refractivity contribution in [3.05, 3.63) is 52.2 Å². The highest BCUT2D eigenvalue weighted by Gasteiger charge is 2.17. The molecule has 0 amide bonds. The van der Waals surface area contributed by atoms with Crippen LogP contribution in [0.1, 0.15) is 36.4 Å². The van der Waals surface area contributed by atoms with Crippen LogP contribution in [0.5, 0.6) is 0 Å². The third-order valence-electron chi connectivity index (χ3n) is 3.75. The topological polar surface area (TPSA) is 15.3 Å². The molecule has 0 saturated heterocycles. The molecule has 2 rings (SSSR count). The number of benzene rings is 1. The fourth-order valence-electron chi connectivity index (χ4n) is 2.26. The molecule has 19 heavy (non-hydrogen) atoms. The van der Waals surface area contributed by atoms with Crippen LogP contribution in [-0.2, 0) is 0 Å². The number of nitrogens with one attached hydrogen (secondary N) is 1. The summed E-state index contributed by atoms with van der Waals surface area (Å²) in [6, 6.07) is 13.7. The van der Waals surface area contributed by atoms with Crippen LogP contribution in [0.2, 0.25) is 0 Å². The molecule has 2 aromatic rings. The molecule has 2 atom stereocenters. The van der Waals surface area contributed by atoms with Crippen molar-refractivity contribution < 1.29 is 0 Å². The van der Waals surface area contributed by atoms with Crippen molar-refractivity contribution >= 4 is 17.0 Å². The minimum absolute atomic E-state index is 0.356. The lowest BCUT2D eigenvalue weighted by Gasteiger charge is -2.30. The highest BCUT2D eigenvalue weighted by molar-refractivity contribution is 7.10. The molecule has 1 aromatic heterocycles. The predicted molar refractivity (Wildman–Crippen MR) is 85.1 cm³/mol. The van der Waals surface area contributed by atoms with Crippen molar-refractivity contribution in [2.45, 2.75) is 25.9 Å². The average Bonchev–Trinajstić information content (AvgIpc) is 2.99. The van der Waals surface area contributed by atoms with Gasteiger partial charge in [-0.2, -0.15) is 0 Å². The van der Waals surface area contributed by atoms with Crippen LogP contribution in [0.3, 0.4) is 0 Å². The summed E-state index contributed by atoms with van der Waals surface area (Å²) in [5.74, 6) is 0. The molecule has 0 fully saturated rings. The molecule has 0 aliphatic rings. The van der Waals surface area contributed by atoms with Gasteiger partial charge in [-0.15, -0.1) is 11.3 Å². The van der Waals surface area contributed by atoms with Crippen LogP contribution in [0.15, 0.2) is 41.8 Å². The summed E-state index contributed by atoms with van der Waals surface area (Å²) < 4.78 is 0. The minimum Gasteiger partial charge on any atom is -0.367 e. The van der Waals surface area contributed by atoms with Crippen molar-refractivity contribution in [3.8, 4) is 0 Å². The molecule has 0 aliphatic carbocycles. The van der Waals surface area contributed by atoms with E-state index >= 15 is 0 Å². The molecule has 2 unspecified atom stereocenters. The van der Waals surface area contributed by atoms with Crippen LogP contribution in [-0.4, -0.2) is 14.1 Å². The maximum absolute atomic E-state index is 3.33. The molecule has 3 heteroatoms. The van der Waals surface area contributed by atoms with E-state index in [9.17, 15) is 0 Å². The van der Waals surface area contributed by atoms with Crippen LogP contribution in [0, 0.1) is 0 Å². The molecule has 1 heterocycles. The highest BCUT2D eigenvalue weighted by Crippen LogP contribution is 2.32. The minimum atomic E-state index is 0.356. The molecule has 1 aromatic carbocycles. The Bertz CT molecular complexity index is 507. The first-order valence-electron chi connectivity index (χ1n) is 6.67. The summed E-state index contributed by atoms with van der Waals surface area (Å²) in [5.41, 5.74) is 2.64. The van der Waals surface area contributed by atoms with Crippen LogP contribution in [0.4, 0.5) is 5.69 Å². The van der Waals surface area contributed by atoms with E-state index in [4.69, 9.17) is 0 Å². The van der Waals surface area contributed by atoms with Gasteiger partial charge in [-0.05, 0) is 44.0 Å². The van der Waals surface area contributed by atoms with Gasteiger partial charge in [0.05, 0.1) is 6.04 Å². The fourth-order valence-corrected chi connectivity index (χ4v) is 3.09. The first-order chi connectivity index (χ1) is 9.15. The standard InChI is InChI=1S/C16H22N2S/c1-12(17-3)14-8-5-6-9-15(14)18(4)13(2)16-10-7-11-19-16/h5-13,17H,1-4H3. The van der Waals surface area contributed by atoms with Crippen molar-refractivity contribution in [3.63, 3.8) is 0 Å². The number of anilines is 1. The Kier molecular flexibility index (Phi) is 4.61. The lowest BCUT2D eigenvalue weighted by molar-refractivity contribution is 0.644. The van der Waals surface area contributed by atoms with Crippen molar-refractivity contribution in [2.24, 2.45) is 0 Å². The van der Waals surface area contributed by atoms with E-state index in [-0.39, 0.29) is 0 Å². The number of hydrogen-bond donors (Lipinski definition) is 1. The summed E-state index contributed by atoms with van der Waals surface area (Å²) in [6.07, 6.45) is 0. The quantitative estimate of drug-likeness (QED) is 0.878. The van der Waals surface area contributed by atoms with Gasteiger partial charge in [0.2, 0.25) is 0 Å². The predicted octanol–water partition coefficient (Wildman–Crippen LogP) is 4.23. The van der Waals surface area contributed by atoms with E-state index in [1.807, 2.05) is 18.4 Å². The zero-order valence-electron chi connectivity index (χ0n) is 12.1. The first-order valence-corrected chi connectivity index (χ1v) is 7.55. The van der Waals surface area contributed by atoms with Gasteiger partial charge in [-0.25, -0.2) is 0 Å². The Balaban J connectivity index is 2.31. The Hall–Kier alpha value is -1.32. The largest absolute Gasteiger partial charge is 0.367 e. The molecule has 102 valence electrons. The molecular weight excluding hydrogens is 252 g/mol. The molecule has 0 radical (unpaired) electrons. The Labute approximate surface area is 120 Å². The summed E-state index contributed by atoms with van der Waals surface area (Å²) >= 11 is 1.82. The Morgan fingerprint density at radius 1 is 1.11 bits per heavy atom. The number of rotatable bonds is 5. The van der Waals surface area contributed by atoms with Gasteiger partial charge in [0.25, 0.3) is 0 Å². The lowest BCUT2D eigenvalue weighted by atomic mass is 10.0. The lowest BCUT2D eigenvalue weighted by Crippen LogP contribution is -2.24. The number of thiophene rings is 1. The fraction of sp³-hybridized carbons (Fsp3) is 0.375. The Morgan fingerprint density at radius 3 is 2.47 bits per heavy atom. The van der Waals surface area contributed by atoms with E-state index in [0.717, 1.165) is 0 Å². The van der Waals surface area contributed by atoms with Gasteiger partial charge in [0.15, 0.2) is 0 Å². The van der Waals surface area contributed by atoms with Crippen molar-refractivity contribution in [2.75, 3.05) is 19.0 Å². The van der Waals surface area contributed by atoms with E-state index in [0.29, 0.717) is 12.1 Å². The van der Waals surface area contributed by atoms with Gasteiger partial charge in [0, 0.05) is 23.7 Å². The van der Waals surface area contributed by atoms with Gasteiger partial charge in [0.1, 0.15) is 0 Å².